The normalized spacial score (nSPS) is 11.4. The van der Waals surface area contributed by atoms with E-state index in [-0.39, 0.29) is 12.3 Å². The molecule has 0 bridgehead atoms. The Morgan fingerprint density at radius 2 is 1.62 bits per heavy atom. The zero-order chi connectivity index (χ0) is 18.4. The summed E-state index contributed by atoms with van der Waals surface area (Å²) in [5.74, 6) is 0.806. The van der Waals surface area contributed by atoms with Crippen molar-refractivity contribution in [2.24, 2.45) is 0 Å². The Bertz CT molecular complexity index is 915. The van der Waals surface area contributed by atoms with Crippen molar-refractivity contribution in [3.05, 3.63) is 78.3 Å². The number of hydrogen-bond acceptors (Lipinski definition) is 4. The fourth-order valence-electron chi connectivity index (χ4n) is 2.55. The first-order chi connectivity index (χ1) is 12.6. The van der Waals surface area contributed by atoms with Gasteiger partial charge in [-0.3, -0.25) is 0 Å². The van der Waals surface area contributed by atoms with E-state index in [1.807, 2.05) is 54.6 Å². The minimum absolute atomic E-state index is 0.0480. The van der Waals surface area contributed by atoms with Crippen LogP contribution in [0.15, 0.2) is 71.5 Å². The maximum absolute atomic E-state index is 12.2. The van der Waals surface area contributed by atoms with E-state index in [4.69, 9.17) is 9.15 Å². The van der Waals surface area contributed by atoms with Gasteiger partial charge in [-0.2, -0.15) is 0 Å². The number of benzene rings is 2. The van der Waals surface area contributed by atoms with Crippen molar-refractivity contribution in [3.8, 4) is 16.9 Å². The first-order valence-electron chi connectivity index (χ1n) is 8.27. The average molecular weight is 371 g/mol. The third kappa shape index (κ3) is 4.97. The Morgan fingerprint density at radius 1 is 0.923 bits per heavy atom. The SMILES string of the molecule is COc1ccc(CCS(=O)(=O)NCc2ccc(-c3ccoc3)cc2)cc1. The highest BCUT2D eigenvalue weighted by atomic mass is 32.2. The molecule has 0 aliphatic rings. The summed E-state index contributed by atoms with van der Waals surface area (Å²) >= 11 is 0. The van der Waals surface area contributed by atoms with Gasteiger partial charge >= 0.3 is 0 Å². The quantitative estimate of drug-likeness (QED) is 0.657. The topological polar surface area (TPSA) is 68.5 Å². The molecule has 2 aromatic carbocycles. The maximum atomic E-state index is 12.2. The smallest absolute Gasteiger partial charge is 0.212 e. The second kappa shape index (κ2) is 8.21. The predicted molar refractivity (Wildman–Crippen MR) is 101 cm³/mol. The van der Waals surface area contributed by atoms with Crippen LogP contribution in [0.1, 0.15) is 11.1 Å². The molecule has 3 aromatic rings. The average Bonchev–Trinajstić information content (AvgIpc) is 3.20. The second-order valence-corrected chi connectivity index (χ2v) is 7.87. The van der Waals surface area contributed by atoms with Gasteiger partial charge in [0.1, 0.15) is 5.75 Å². The number of ether oxygens (including phenoxy) is 1. The summed E-state index contributed by atoms with van der Waals surface area (Å²) in [6.07, 6.45) is 3.76. The van der Waals surface area contributed by atoms with Crippen LogP contribution in [0.3, 0.4) is 0 Å². The van der Waals surface area contributed by atoms with Gasteiger partial charge in [-0.25, -0.2) is 13.1 Å². The van der Waals surface area contributed by atoms with Crippen LogP contribution in [-0.2, 0) is 23.0 Å². The van der Waals surface area contributed by atoms with Gasteiger partial charge in [0.2, 0.25) is 10.0 Å². The zero-order valence-corrected chi connectivity index (χ0v) is 15.3. The molecule has 5 nitrogen and oxygen atoms in total. The highest BCUT2D eigenvalue weighted by molar-refractivity contribution is 7.89. The van der Waals surface area contributed by atoms with Crippen molar-refractivity contribution in [2.45, 2.75) is 13.0 Å². The summed E-state index contributed by atoms with van der Waals surface area (Å²) in [7, 11) is -1.74. The minimum Gasteiger partial charge on any atom is -0.497 e. The van der Waals surface area contributed by atoms with Crippen molar-refractivity contribution in [1.82, 2.24) is 4.72 Å². The highest BCUT2D eigenvalue weighted by Gasteiger charge is 2.10. The molecule has 1 aromatic heterocycles. The van der Waals surface area contributed by atoms with E-state index in [0.29, 0.717) is 6.42 Å². The zero-order valence-electron chi connectivity index (χ0n) is 14.5. The molecule has 26 heavy (non-hydrogen) atoms. The molecule has 0 unspecified atom stereocenters. The molecule has 0 saturated heterocycles. The standard InChI is InChI=1S/C20H21NO4S/c1-24-20-8-4-16(5-9-20)11-13-26(22,23)21-14-17-2-6-18(7-3-17)19-10-12-25-15-19/h2-10,12,15,21H,11,13-14H2,1H3. The van der Waals surface area contributed by atoms with Gasteiger partial charge in [-0.1, -0.05) is 36.4 Å². The van der Waals surface area contributed by atoms with E-state index in [1.54, 1.807) is 19.6 Å². The van der Waals surface area contributed by atoms with Crippen molar-refractivity contribution in [3.63, 3.8) is 0 Å². The Hall–Kier alpha value is -2.57. The molecule has 136 valence electrons. The lowest BCUT2D eigenvalue weighted by atomic mass is 10.1. The number of hydrogen-bond donors (Lipinski definition) is 1. The van der Waals surface area contributed by atoms with Crippen molar-refractivity contribution in [1.29, 1.82) is 0 Å². The third-order valence-corrected chi connectivity index (χ3v) is 5.45. The van der Waals surface area contributed by atoms with Gasteiger partial charge in [-0.15, -0.1) is 0 Å². The van der Waals surface area contributed by atoms with E-state index >= 15 is 0 Å². The lowest BCUT2D eigenvalue weighted by Gasteiger charge is -2.08. The summed E-state index contributed by atoms with van der Waals surface area (Å²) in [5, 5.41) is 0. The van der Waals surface area contributed by atoms with Gasteiger partial charge in [0.05, 0.1) is 25.4 Å². The molecule has 0 atom stereocenters. The Morgan fingerprint density at radius 3 is 2.23 bits per heavy atom. The van der Waals surface area contributed by atoms with Crippen LogP contribution in [0.25, 0.3) is 11.1 Å². The monoisotopic (exact) mass is 371 g/mol. The third-order valence-electron chi connectivity index (χ3n) is 4.12. The van der Waals surface area contributed by atoms with Crippen molar-refractivity contribution >= 4 is 10.0 Å². The number of methoxy groups -OCH3 is 1. The number of rotatable bonds is 8. The number of nitrogens with one attached hydrogen (secondary N) is 1. The second-order valence-electron chi connectivity index (χ2n) is 5.95. The Labute approximate surface area is 153 Å². The Kier molecular flexibility index (Phi) is 5.75. The minimum atomic E-state index is -3.34. The Balaban J connectivity index is 1.52. The molecule has 0 saturated carbocycles. The fraction of sp³-hybridized carbons (Fsp3) is 0.200. The van der Waals surface area contributed by atoms with Crippen LogP contribution < -0.4 is 9.46 Å². The highest BCUT2D eigenvalue weighted by Crippen LogP contribution is 2.20. The van der Waals surface area contributed by atoms with E-state index in [1.165, 1.54) is 0 Å². The molecule has 0 amide bonds. The summed E-state index contributed by atoms with van der Waals surface area (Å²) in [6, 6.07) is 17.0. The number of sulfonamides is 1. The molecule has 0 spiro atoms. The molecule has 0 aliphatic heterocycles. The summed E-state index contributed by atoms with van der Waals surface area (Å²) in [5.41, 5.74) is 3.90. The lowest BCUT2D eigenvalue weighted by molar-refractivity contribution is 0.414. The van der Waals surface area contributed by atoms with Crippen LogP contribution in [-0.4, -0.2) is 21.3 Å². The van der Waals surface area contributed by atoms with Gasteiger partial charge in [0, 0.05) is 12.1 Å². The van der Waals surface area contributed by atoms with Gasteiger partial charge in [0.25, 0.3) is 0 Å². The van der Waals surface area contributed by atoms with Crippen molar-refractivity contribution in [2.75, 3.05) is 12.9 Å². The number of furan rings is 1. The molecule has 1 N–H and O–H groups in total. The maximum Gasteiger partial charge on any atom is 0.212 e. The summed E-state index contributed by atoms with van der Waals surface area (Å²) < 4.78 is 37.2. The van der Waals surface area contributed by atoms with Gasteiger partial charge < -0.3 is 9.15 Å². The van der Waals surface area contributed by atoms with Crippen LogP contribution in [0.5, 0.6) is 5.75 Å². The summed E-state index contributed by atoms with van der Waals surface area (Å²) in [6.45, 7) is 0.274. The van der Waals surface area contributed by atoms with Gasteiger partial charge in [-0.05, 0) is 41.3 Å². The molecular formula is C20H21NO4S. The van der Waals surface area contributed by atoms with Crippen LogP contribution in [0.4, 0.5) is 0 Å². The molecule has 1 heterocycles. The van der Waals surface area contributed by atoms with Crippen LogP contribution in [0, 0.1) is 0 Å². The first kappa shape index (κ1) is 18.2. The molecule has 0 radical (unpaired) electrons. The largest absolute Gasteiger partial charge is 0.497 e. The molecule has 3 rings (SSSR count). The molecule has 6 heteroatoms. The molecule has 0 aliphatic carbocycles. The van der Waals surface area contributed by atoms with E-state index in [9.17, 15) is 8.42 Å². The molecular weight excluding hydrogens is 350 g/mol. The lowest BCUT2D eigenvalue weighted by Crippen LogP contribution is -2.26. The number of aryl methyl sites for hydroxylation is 1. The molecule has 0 fully saturated rings. The van der Waals surface area contributed by atoms with E-state index < -0.39 is 10.0 Å². The van der Waals surface area contributed by atoms with Crippen LogP contribution >= 0.6 is 0 Å². The fourth-order valence-corrected chi connectivity index (χ4v) is 3.59. The van der Waals surface area contributed by atoms with E-state index in [2.05, 4.69) is 4.72 Å². The summed E-state index contributed by atoms with van der Waals surface area (Å²) in [4.78, 5) is 0. The first-order valence-corrected chi connectivity index (χ1v) is 9.93. The van der Waals surface area contributed by atoms with Gasteiger partial charge in [0.15, 0.2) is 0 Å². The van der Waals surface area contributed by atoms with Crippen molar-refractivity contribution < 1.29 is 17.6 Å². The predicted octanol–water partition coefficient (Wildman–Crippen LogP) is 3.62. The van der Waals surface area contributed by atoms with Crippen LogP contribution in [0.2, 0.25) is 0 Å². The van der Waals surface area contributed by atoms with E-state index in [0.717, 1.165) is 28.0 Å².